The molecule has 0 aliphatic rings. The molecule has 0 aliphatic carbocycles. The molecule has 0 aliphatic heterocycles. The molecule has 0 aromatic rings. The Hall–Kier alpha value is 1.44. The molecule has 15 heavy (non-hydrogen) atoms. The predicted octanol–water partition coefficient (Wildman–Crippen LogP) is 2.27. The van der Waals surface area contributed by atoms with Crippen molar-refractivity contribution in [2.45, 2.75) is 51.7 Å². The summed E-state index contributed by atoms with van der Waals surface area (Å²) in [5.74, 6) is 0.323. The SMILES string of the molecule is CCCCC(C)(SP([O-])([O-])=S)C(C)C.[Cu+2]. The summed E-state index contributed by atoms with van der Waals surface area (Å²) in [5.41, 5.74) is -3.63. The minimum Gasteiger partial charge on any atom is -0.825 e. The molecule has 0 saturated carbocycles. The summed E-state index contributed by atoms with van der Waals surface area (Å²) >= 11 is 5.43. The second-order valence-electron chi connectivity index (χ2n) is 4.11. The Balaban J connectivity index is 0. The van der Waals surface area contributed by atoms with Crippen molar-refractivity contribution >= 4 is 28.9 Å². The summed E-state index contributed by atoms with van der Waals surface area (Å²) in [5, 5.41) is 0. The molecule has 1 radical (unpaired) electrons. The topological polar surface area (TPSA) is 46.1 Å². The molecule has 0 heterocycles. The van der Waals surface area contributed by atoms with E-state index in [1.165, 1.54) is 0 Å². The third kappa shape index (κ3) is 8.20. The maximum Gasteiger partial charge on any atom is 2.00 e. The first-order chi connectivity index (χ1) is 6.21. The molecule has 0 N–H and O–H groups in total. The van der Waals surface area contributed by atoms with Crippen LogP contribution in [0, 0.1) is 5.92 Å². The van der Waals surface area contributed by atoms with Crippen LogP contribution in [-0.4, -0.2) is 4.75 Å². The van der Waals surface area contributed by atoms with Gasteiger partial charge in [0, 0.05) is 4.75 Å². The van der Waals surface area contributed by atoms with Crippen molar-refractivity contribution in [3.05, 3.63) is 0 Å². The number of rotatable bonds is 6. The predicted molar refractivity (Wildman–Crippen MR) is 64.6 cm³/mol. The molecule has 0 aromatic heterocycles. The Bertz CT molecular complexity index is 220. The first-order valence-corrected chi connectivity index (χ1v) is 9.00. The van der Waals surface area contributed by atoms with E-state index in [9.17, 15) is 9.79 Å². The molecule has 2 nitrogen and oxygen atoms in total. The Labute approximate surface area is 113 Å². The molecule has 0 fully saturated rings. The number of hydrogen-bond acceptors (Lipinski definition) is 4. The molecule has 0 aromatic carbocycles. The van der Waals surface area contributed by atoms with Gasteiger partial charge in [-0.2, -0.15) is 5.69 Å². The van der Waals surface area contributed by atoms with E-state index in [-0.39, 0.29) is 21.8 Å². The Morgan fingerprint density at radius 2 is 1.87 bits per heavy atom. The van der Waals surface area contributed by atoms with Crippen molar-refractivity contribution in [3.63, 3.8) is 0 Å². The standard InChI is InChI=1S/C9H21O2PS2.Cu/c1-5-6-7-9(4,8(2)3)14-12(10,11)13;/h8H,5-7H2,1-4H3,(H2,10,11,13);/q;+2/p-2. The van der Waals surface area contributed by atoms with Gasteiger partial charge in [0.15, 0.2) is 0 Å². The van der Waals surface area contributed by atoms with Crippen LogP contribution < -0.4 is 9.79 Å². The third-order valence-electron chi connectivity index (χ3n) is 2.57. The van der Waals surface area contributed by atoms with Gasteiger partial charge in [-0.1, -0.05) is 33.6 Å². The van der Waals surface area contributed by atoms with Gasteiger partial charge in [-0.3, -0.25) is 0 Å². The fraction of sp³-hybridized carbons (Fsp3) is 1.00. The second-order valence-corrected chi connectivity index (χ2v) is 10.2. The molecule has 0 spiro atoms. The Morgan fingerprint density at radius 3 is 2.13 bits per heavy atom. The molecule has 0 rings (SSSR count). The molecule has 95 valence electrons. The minimum absolute atomic E-state index is 0. The summed E-state index contributed by atoms with van der Waals surface area (Å²) in [6.45, 7) is 8.20. The first kappa shape index (κ1) is 18.8. The summed E-state index contributed by atoms with van der Waals surface area (Å²) in [7, 11) is 0. The largest absolute Gasteiger partial charge is 2.00 e. The third-order valence-corrected chi connectivity index (χ3v) is 6.48. The zero-order valence-electron chi connectivity index (χ0n) is 9.58. The van der Waals surface area contributed by atoms with Crippen LogP contribution in [0.5, 0.6) is 0 Å². The van der Waals surface area contributed by atoms with Gasteiger partial charge in [-0.05, 0) is 19.3 Å². The fourth-order valence-electron chi connectivity index (χ4n) is 1.22. The zero-order valence-corrected chi connectivity index (χ0v) is 13.0. The van der Waals surface area contributed by atoms with Crippen LogP contribution in [0.4, 0.5) is 0 Å². The van der Waals surface area contributed by atoms with Gasteiger partial charge in [0.1, 0.15) is 0 Å². The maximum atomic E-state index is 11.1. The number of unbranched alkanes of at least 4 members (excludes halogenated alkanes) is 1. The monoisotopic (exact) mass is 317 g/mol. The van der Waals surface area contributed by atoms with Crippen LogP contribution in [-0.2, 0) is 28.9 Å². The van der Waals surface area contributed by atoms with E-state index in [1.807, 2.05) is 20.8 Å². The van der Waals surface area contributed by atoms with Crippen LogP contribution in [0.3, 0.4) is 0 Å². The van der Waals surface area contributed by atoms with Gasteiger partial charge in [0.25, 0.3) is 0 Å². The van der Waals surface area contributed by atoms with Gasteiger partial charge in [-0.25, -0.2) is 0 Å². The molecule has 1 unspecified atom stereocenters. The first-order valence-electron chi connectivity index (χ1n) is 4.94. The van der Waals surface area contributed by atoms with Gasteiger partial charge < -0.3 is 9.79 Å². The normalized spacial score (nSPS) is 15.9. The van der Waals surface area contributed by atoms with E-state index < -0.39 is 5.69 Å². The van der Waals surface area contributed by atoms with E-state index in [2.05, 4.69) is 18.7 Å². The van der Waals surface area contributed by atoms with Crippen molar-refractivity contribution in [1.82, 2.24) is 0 Å². The van der Waals surface area contributed by atoms with Crippen LogP contribution in [0.25, 0.3) is 0 Å². The summed E-state index contributed by atoms with van der Waals surface area (Å²) in [6, 6.07) is 0. The van der Waals surface area contributed by atoms with Crippen molar-refractivity contribution in [2.75, 3.05) is 0 Å². The van der Waals surface area contributed by atoms with Crippen molar-refractivity contribution in [2.24, 2.45) is 5.92 Å². The molecule has 6 heteroatoms. The van der Waals surface area contributed by atoms with Crippen LogP contribution >= 0.6 is 17.1 Å². The van der Waals surface area contributed by atoms with Crippen LogP contribution in [0.15, 0.2) is 0 Å². The van der Waals surface area contributed by atoms with Crippen LogP contribution in [0.2, 0.25) is 0 Å². The van der Waals surface area contributed by atoms with Crippen molar-refractivity contribution in [3.8, 4) is 0 Å². The molecule has 0 saturated heterocycles. The van der Waals surface area contributed by atoms with Crippen LogP contribution in [0.1, 0.15) is 47.0 Å². The summed E-state index contributed by atoms with van der Waals surface area (Å²) < 4.78 is -0.227. The van der Waals surface area contributed by atoms with Crippen molar-refractivity contribution in [1.29, 1.82) is 0 Å². The van der Waals surface area contributed by atoms with Gasteiger partial charge in [-0.15, -0.1) is 23.2 Å². The molecule has 0 bridgehead atoms. The average molecular weight is 318 g/mol. The quantitative estimate of drug-likeness (QED) is 0.557. The summed E-state index contributed by atoms with van der Waals surface area (Å²) in [6.07, 6.45) is 3.05. The van der Waals surface area contributed by atoms with E-state index >= 15 is 0 Å². The molecule has 1 atom stereocenters. The summed E-state index contributed by atoms with van der Waals surface area (Å²) in [4.78, 5) is 22.2. The van der Waals surface area contributed by atoms with E-state index in [0.717, 1.165) is 30.6 Å². The smallest absolute Gasteiger partial charge is 0.825 e. The zero-order chi connectivity index (χ0) is 11.4. The van der Waals surface area contributed by atoms with Crippen molar-refractivity contribution < 1.29 is 26.9 Å². The molecular weight excluding hydrogens is 299 g/mol. The Kier molecular flexibility index (Phi) is 9.66. The molecule has 0 amide bonds. The average Bonchev–Trinajstić information content (AvgIpc) is 1.97. The van der Waals surface area contributed by atoms with Gasteiger partial charge in [0.2, 0.25) is 0 Å². The van der Waals surface area contributed by atoms with Gasteiger partial charge >= 0.3 is 17.1 Å². The minimum atomic E-state index is -3.63. The van der Waals surface area contributed by atoms with E-state index in [1.54, 1.807) is 0 Å². The maximum absolute atomic E-state index is 11.1. The van der Waals surface area contributed by atoms with E-state index in [4.69, 9.17) is 0 Å². The van der Waals surface area contributed by atoms with Gasteiger partial charge in [0.05, 0.1) is 0 Å². The Morgan fingerprint density at radius 1 is 1.40 bits per heavy atom. The molecular formula is C9H19CuO2PS2. The van der Waals surface area contributed by atoms with E-state index in [0.29, 0.717) is 5.92 Å². The fourth-order valence-corrected chi connectivity index (χ4v) is 6.15. The number of hydrogen-bond donors (Lipinski definition) is 0. The second kappa shape index (κ2) is 7.71.